The predicted molar refractivity (Wildman–Crippen MR) is 78.3 cm³/mol. The molecule has 4 heteroatoms. The van der Waals surface area contributed by atoms with E-state index in [-0.39, 0.29) is 17.7 Å². The fraction of sp³-hybridized carbons (Fsp3) is 0.235. The van der Waals surface area contributed by atoms with Crippen LogP contribution in [-0.4, -0.2) is 16.8 Å². The first-order valence-corrected chi connectivity index (χ1v) is 6.93. The number of rotatable bonds is 3. The fourth-order valence-electron chi connectivity index (χ4n) is 2.77. The minimum Gasteiger partial charge on any atom is -0.349 e. The molecular formula is C17H16F2N2. The molecule has 0 bridgehead atoms. The summed E-state index contributed by atoms with van der Waals surface area (Å²) >= 11 is 0. The molecule has 1 N–H and O–H groups in total. The van der Waals surface area contributed by atoms with E-state index in [9.17, 15) is 8.78 Å². The topological polar surface area (TPSA) is 27.1 Å². The highest BCUT2D eigenvalue weighted by Crippen LogP contribution is 2.26. The van der Waals surface area contributed by atoms with Crippen molar-refractivity contribution >= 4 is 5.84 Å². The lowest BCUT2D eigenvalue weighted by atomic mass is 10.1. The van der Waals surface area contributed by atoms with Crippen molar-refractivity contribution in [3.63, 3.8) is 0 Å². The van der Waals surface area contributed by atoms with Crippen molar-refractivity contribution in [1.29, 1.82) is 5.41 Å². The van der Waals surface area contributed by atoms with E-state index in [1.165, 1.54) is 24.3 Å². The highest BCUT2D eigenvalue weighted by molar-refractivity contribution is 6.00. The third-order valence-electron chi connectivity index (χ3n) is 3.93. The van der Waals surface area contributed by atoms with Gasteiger partial charge in [0.05, 0.1) is 0 Å². The van der Waals surface area contributed by atoms with Gasteiger partial charge in [0.1, 0.15) is 17.5 Å². The van der Waals surface area contributed by atoms with E-state index in [1.807, 2.05) is 11.8 Å². The number of nitrogens with zero attached hydrogens (tertiary/aromatic N) is 1. The number of amidine groups is 1. The molecule has 108 valence electrons. The number of halogens is 2. The predicted octanol–water partition coefficient (Wildman–Crippen LogP) is 3.74. The van der Waals surface area contributed by atoms with E-state index in [2.05, 4.69) is 0 Å². The number of hydrogen-bond donors (Lipinski definition) is 1. The summed E-state index contributed by atoms with van der Waals surface area (Å²) in [5.74, 6) is -0.200. The van der Waals surface area contributed by atoms with E-state index in [1.54, 1.807) is 18.2 Å². The molecule has 2 aromatic carbocycles. The second-order valence-electron chi connectivity index (χ2n) is 5.46. The van der Waals surface area contributed by atoms with Crippen molar-refractivity contribution < 1.29 is 8.78 Å². The summed E-state index contributed by atoms with van der Waals surface area (Å²) in [5, 5.41) is 8.21. The second-order valence-corrected chi connectivity index (χ2v) is 5.46. The van der Waals surface area contributed by atoms with Crippen LogP contribution >= 0.6 is 0 Å². The molecule has 0 fully saturated rings. The zero-order chi connectivity index (χ0) is 15.0. The van der Waals surface area contributed by atoms with Gasteiger partial charge in [0.25, 0.3) is 0 Å². The van der Waals surface area contributed by atoms with Crippen molar-refractivity contribution in [2.24, 2.45) is 0 Å². The van der Waals surface area contributed by atoms with Crippen LogP contribution in [0.2, 0.25) is 0 Å². The Bertz CT molecular complexity index is 680. The maximum absolute atomic E-state index is 13.3. The summed E-state index contributed by atoms with van der Waals surface area (Å²) < 4.78 is 26.2. The zero-order valence-corrected chi connectivity index (χ0v) is 11.7. The summed E-state index contributed by atoms with van der Waals surface area (Å²) in [6, 6.07) is 11.1. The molecule has 21 heavy (non-hydrogen) atoms. The van der Waals surface area contributed by atoms with Crippen molar-refractivity contribution in [3.05, 3.63) is 70.8 Å². The van der Waals surface area contributed by atoms with E-state index in [4.69, 9.17) is 5.41 Å². The van der Waals surface area contributed by atoms with Crippen molar-refractivity contribution in [2.75, 3.05) is 0 Å². The van der Waals surface area contributed by atoms with Gasteiger partial charge in [-0.05, 0) is 48.7 Å². The van der Waals surface area contributed by atoms with Crippen LogP contribution in [0, 0.1) is 17.0 Å². The highest BCUT2D eigenvalue weighted by atomic mass is 19.1. The van der Waals surface area contributed by atoms with Crippen LogP contribution < -0.4 is 0 Å². The fourth-order valence-corrected chi connectivity index (χ4v) is 2.77. The molecule has 1 aliphatic rings. The molecule has 0 aromatic heterocycles. The van der Waals surface area contributed by atoms with Crippen LogP contribution in [0.15, 0.2) is 42.5 Å². The van der Waals surface area contributed by atoms with Gasteiger partial charge in [-0.15, -0.1) is 0 Å². The lowest BCUT2D eigenvalue weighted by Gasteiger charge is -2.26. The smallest absolute Gasteiger partial charge is 0.129 e. The molecule has 2 nitrogen and oxygen atoms in total. The molecule has 0 aliphatic carbocycles. The van der Waals surface area contributed by atoms with Gasteiger partial charge in [-0.2, -0.15) is 0 Å². The molecule has 1 unspecified atom stereocenters. The Hall–Kier alpha value is -2.23. The molecule has 1 atom stereocenters. The molecule has 0 saturated carbocycles. The minimum absolute atomic E-state index is 0.0958. The average molecular weight is 286 g/mol. The Morgan fingerprint density at radius 2 is 1.76 bits per heavy atom. The van der Waals surface area contributed by atoms with Gasteiger partial charge in [0.15, 0.2) is 0 Å². The maximum atomic E-state index is 13.3. The van der Waals surface area contributed by atoms with Crippen LogP contribution in [0.25, 0.3) is 0 Å². The molecule has 3 rings (SSSR count). The third-order valence-corrected chi connectivity index (χ3v) is 3.93. The second kappa shape index (κ2) is 5.28. The first-order valence-electron chi connectivity index (χ1n) is 6.93. The van der Waals surface area contributed by atoms with E-state index in [0.717, 1.165) is 17.5 Å². The largest absolute Gasteiger partial charge is 0.349 e. The normalized spacial score (nSPS) is 15.2. The van der Waals surface area contributed by atoms with Gasteiger partial charge in [-0.25, -0.2) is 8.78 Å². The van der Waals surface area contributed by atoms with Gasteiger partial charge in [0, 0.05) is 18.2 Å². The third kappa shape index (κ3) is 2.66. The standard InChI is InChI=1S/C17H16F2N2/c1-11(8-12-2-5-14(18)6-3-12)21-10-13-4-7-15(19)9-16(13)17(21)20/h2-7,9,11,20H,8,10H2,1H3. The summed E-state index contributed by atoms with van der Waals surface area (Å²) in [4.78, 5) is 1.95. The molecule has 0 amide bonds. The van der Waals surface area contributed by atoms with E-state index < -0.39 is 0 Å². The SMILES string of the molecule is CC(Cc1ccc(F)cc1)N1Cc2ccc(F)cc2C1=N. The van der Waals surface area contributed by atoms with Crippen molar-refractivity contribution in [3.8, 4) is 0 Å². The van der Waals surface area contributed by atoms with Gasteiger partial charge < -0.3 is 4.90 Å². The Labute approximate surface area is 122 Å². The van der Waals surface area contributed by atoms with Gasteiger partial charge in [-0.1, -0.05) is 18.2 Å². The van der Waals surface area contributed by atoms with Gasteiger partial charge in [0.2, 0.25) is 0 Å². The first kappa shape index (κ1) is 13.7. The number of fused-ring (bicyclic) bond motifs is 1. The Balaban J connectivity index is 1.76. The number of benzene rings is 2. The van der Waals surface area contributed by atoms with Crippen LogP contribution in [-0.2, 0) is 13.0 Å². The minimum atomic E-state index is -0.313. The molecule has 1 heterocycles. The molecular weight excluding hydrogens is 270 g/mol. The quantitative estimate of drug-likeness (QED) is 0.914. The molecule has 0 radical (unpaired) electrons. The number of nitrogens with one attached hydrogen (secondary N) is 1. The lowest BCUT2D eigenvalue weighted by Crippen LogP contribution is -2.34. The van der Waals surface area contributed by atoms with Gasteiger partial charge in [-0.3, -0.25) is 5.41 Å². The summed E-state index contributed by atoms with van der Waals surface area (Å²) in [6.45, 7) is 2.65. The Kier molecular flexibility index (Phi) is 3.45. The summed E-state index contributed by atoms with van der Waals surface area (Å²) in [6.07, 6.45) is 0.721. The lowest BCUT2D eigenvalue weighted by molar-refractivity contribution is 0.332. The zero-order valence-electron chi connectivity index (χ0n) is 11.7. The van der Waals surface area contributed by atoms with Crippen molar-refractivity contribution in [1.82, 2.24) is 4.90 Å². The average Bonchev–Trinajstić information content (AvgIpc) is 2.79. The van der Waals surface area contributed by atoms with Crippen LogP contribution in [0.3, 0.4) is 0 Å². The van der Waals surface area contributed by atoms with Crippen LogP contribution in [0.1, 0.15) is 23.6 Å². The van der Waals surface area contributed by atoms with Crippen LogP contribution in [0.5, 0.6) is 0 Å². The molecule has 0 spiro atoms. The van der Waals surface area contributed by atoms with Crippen LogP contribution in [0.4, 0.5) is 8.78 Å². The molecule has 1 aliphatic heterocycles. The monoisotopic (exact) mass is 286 g/mol. The van der Waals surface area contributed by atoms with Crippen molar-refractivity contribution in [2.45, 2.75) is 25.9 Å². The molecule has 2 aromatic rings. The van der Waals surface area contributed by atoms with Gasteiger partial charge >= 0.3 is 0 Å². The molecule has 0 saturated heterocycles. The number of hydrogen-bond acceptors (Lipinski definition) is 1. The maximum Gasteiger partial charge on any atom is 0.129 e. The summed E-state index contributed by atoms with van der Waals surface area (Å²) in [7, 11) is 0. The Morgan fingerprint density at radius 3 is 2.48 bits per heavy atom. The highest BCUT2D eigenvalue weighted by Gasteiger charge is 2.28. The van der Waals surface area contributed by atoms with E-state index in [0.29, 0.717) is 17.9 Å². The Morgan fingerprint density at radius 1 is 1.10 bits per heavy atom. The first-order chi connectivity index (χ1) is 10.0. The van der Waals surface area contributed by atoms with E-state index >= 15 is 0 Å². The summed E-state index contributed by atoms with van der Waals surface area (Å²) in [5.41, 5.74) is 2.67.